The first-order chi connectivity index (χ1) is 51.5. The first kappa shape index (κ1) is 76.8. The van der Waals surface area contributed by atoms with Crippen LogP contribution in [-0.4, -0.2) is 82.5 Å². The van der Waals surface area contributed by atoms with Crippen LogP contribution in [0.15, 0.2) is 280 Å². The lowest BCUT2D eigenvalue weighted by atomic mass is 10.1. The smallest absolute Gasteiger partial charge is 0.339 e. The predicted octanol–water partition coefficient (Wildman–Crippen LogP) is 17.1. The number of hydrogen-bond donors (Lipinski definition) is 4. The van der Waals surface area contributed by atoms with Gasteiger partial charge in [-0.2, -0.15) is 33.7 Å². The van der Waals surface area contributed by atoms with E-state index in [-0.39, 0.29) is 42.6 Å². The van der Waals surface area contributed by atoms with E-state index >= 15 is 0 Å². The average Bonchev–Trinajstić information content (AvgIpc) is 1.63. The fraction of sp³-hybridized carbons (Fsp3) is 0.100. The second-order valence-electron chi connectivity index (χ2n) is 24.4. The molecule has 28 heteroatoms. The number of halogens is 4. The van der Waals surface area contributed by atoms with Crippen LogP contribution in [0.4, 0.5) is 0 Å². The summed E-state index contributed by atoms with van der Waals surface area (Å²) in [5.74, 6) is 3.19. The molecule has 0 unspecified atom stereocenters. The van der Waals surface area contributed by atoms with Gasteiger partial charge < -0.3 is 56.1 Å². The summed E-state index contributed by atoms with van der Waals surface area (Å²) >= 11 is 13.1. The Kier molecular flexibility index (Phi) is 22.2. The Labute approximate surface area is 656 Å². The van der Waals surface area contributed by atoms with Crippen molar-refractivity contribution in [3.05, 3.63) is 305 Å². The quantitative estimate of drug-likeness (QED) is 0.0654. The van der Waals surface area contributed by atoms with Gasteiger partial charge in [0.2, 0.25) is 0 Å². The van der Waals surface area contributed by atoms with E-state index in [4.69, 9.17) is 35.7 Å². The zero-order valence-corrected chi connectivity index (χ0v) is 66.5. The van der Waals surface area contributed by atoms with Crippen LogP contribution in [-0.2, 0) is 40.5 Å². The highest BCUT2D eigenvalue weighted by molar-refractivity contribution is 9.11. The van der Waals surface area contributed by atoms with Gasteiger partial charge in [-0.3, -0.25) is 0 Å². The Bertz CT molecular complexity index is 5220. The van der Waals surface area contributed by atoms with Crippen LogP contribution < -0.4 is 35.7 Å². The predicted molar refractivity (Wildman–Crippen MR) is 418 cm³/mol. The van der Waals surface area contributed by atoms with Crippen molar-refractivity contribution in [2.75, 3.05) is 28.4 Å². The van der Waals surface area contributed by atoms with E-state index < -0.39 is 64.9 Å². The summed E-state index contributed by atoms with van der Waals surface area (Å²) in [5, 5.41) is 42.6. The van der Waals surface area contributed by atoms with Gasteiger partial charge in [-0.15, -0.1) is 0 Å². The summed E-state index contributed by atoms with van der Waals surface area (Å²) in [6, 6.07) is 66.2. The van der Waals surface area contributed by atoms with Crippen LogP contribution in [0.1, 0.15) is 68.9 Å². The first-order valence-electron chi connectivity index (χ1n) is 32.4. The molecule has 0 aliphatic heterocycles. The summed E-state index contributed by atoms with van der Waals surface area (Å²) in [7, 11) is -9.60. The molecule has 20 nitrogen and oxygen atoms in total. The van der Waals surface area contributed by atoms with Crippen molar-refractivity contribution in [3.8, 4) is 90.5 Å². The van der Waals surface area contributed by atoms with Crippen LogP contribution >= 0.6 is 63.7 Å². The number of fused-ring (bicyclic) bond motifs is 12. The molecule has 4 atom stereocenters. The number of rotatable bonds is 16. The highest BCUT2D eigenvalue weighted by atomic mass is 79.9. The highest BCUT2D eigenvalue weighted by Gasteiger charge is 2.34. The van der Waals surface area contributed by atoms with Crippen molar-refractivity contribution < 1.29 is 89.8 Å². The monoisotopic (exact) mass is 1780 g/mol. The lowest BCUT2D eigenvalue weighted by molar-refractivity contribution is 0.224. The number of benzene rings is 12. The van der Waals surface area contributed by atoms with Gasteiger partial charge in [0.15, 0.2) is 0 Å². The van der Waals surface area contributed by atoms with Gasteiger partial charge >= 0.3 is 40.5 Å². The molecule has 12 aromatic rings. The topological polar surface area (TPSA) is 291 Å². The Balaban J connectivity index is 0.000000127. The molecule has 108 heavy (non-hydrogen) atoms. The summed E-state index contributed by atoms with van der Waals surface area (Å²) in [6.45, 7) is 0. The van der Waals surface area contributed by atoms with Gasteiger partial charge in [-0.05, 0) is 283 Å². The SMILES string of the molecule is COc1ccc2c(c1)[C@@H](O)c1cc(OS(=O)(=O)c3ccc(Br)cc3)ccc1-2.COc1ccc2c(c1)[C@@H](O)c1cc(OS(=O)(=O)c3ccc(Br)cc3)ccc1-2.COc1ccc2c(c1)[C@@H](O)c1cc(OS(=O)(=O)c3ccc(Br)cc3)ccc1-2.COc1ccc2c(c1)[C@@H](O)c1cc(OS(=O)(=O)c3ccc(Br)cc3)ccc1-2. The molecule has 12 aromatic carbocycles. The fourth-order valence-electron chi connectivity index (χ4n) is 12.6. The Morgan fingerprint density at radius 3 is 0.509 bits per heavy atom. The van der Waals surface area contributed by atoms with Crippen LogP contribution in [0.2, 0.25) is 0 Å². The zero-order chi connectivity index (χ0) is 76.7. The number of ether oxygens (including phenoxy) is 4. The maximum absolute atomic E-state index is 12.5. The molecular formula is C80H60Br4O20S4. The van der Waals surface area contributed by atoms with Crippen molar-refractivity contribution in [2.24, 2.45) is 0 Å². The molecule has 0 bridgehead atoms. The summed E-state index contributed by atoms with van der Waals surface area (Å²) in [5.41, 5.74) is 12.2. The maximum atomic E-state index is 12.5. The van der Waals surface area contributed by atoms with E-state index in [0.717, 1.165) is 84.7 Å². The van der Waals surface area contributed by atoms with Crippen LogP contribution in [0.5, 0.6) is 46.0 Å². The molecule has 4 aliphatic rings. The molecule has 0 saturated heterocycles. The van der Waals surface area contributed by atoms with Gasteiger partial charge in [-0.1, -0.05) is 112 Å². The number of methoxy groups -OCH3 is 4. The summed E-state index contributed by atoms with van der Waals surface area (Å²) < 4.78 is 145. The lowest BCUT2D eigenvalue weighted by Crippen LogP contribution is -2.10. The lowest BCUT2D eigenvalue weighted by Gasteiger charge is -2.10. The van der Waals surface area contributed by atoms with E-state index in [1.165, 1.54) is 48.5 Å². The normalized spacial score (nSPS) is 15.1. The van der Waals surface area contributed by atoms with Crippen molar-refractivity contribution in [1.29, 1.82) is 0 Å². The number of aliphatic hydroxyl groups excluding tert-OH is 4. The van der Waals surface area contributed by atoms with Gasteiger partial charge in [0.1, 0.15) is 90.0 Å². The third-order valence-corrected chi connectivity index (χ3v) is 25.0. The van der Waals surface area contributed by atoms with Crippen molar-refractivity contribution in [3.63, 3.8) is 0 Å². The third kappa shape index (κ3) is 16.0. The van der Waals surface area contributed by atoms with Gasteiger partial charge in [0.05, 0.1) is 28.4 Å². The Morgan fingerprint density at radius 2 is 0.361 bits per heavy atom. The molecule has 0 radical (unpaired) electrons. The largest absolute Gasteiger partial charge is 0.497 e. The van der Waals surface area contributed by atoms with Crippen molar-refractivity contribution in [1.82, 2.24) is 0 Å². The van der Waals surface area contributed by atoms with Gasteiger partial charge in [0, 0.05) is 17.9 Å². The summed E-state index contributed by atoms with van der Waals surface area (Å²) in [4.78, 5) is 0.221. The van der Waals surface area contributed by atoms with Gasteiger partial charge in [0.25, 0.3) is 0 Å². The van der Waals surface area contributed by atoms with E-state index in [1.54, 1.807) is 174 Å². The molecular weight excluding hydrogens is 1730 g/mol. The zero-order valence-electron chi connectivity index (χ0n) is 56.9. The van der Waals surface area contributed by atoms with E-state index in [1.807, 2.05) is 48.5 Å². The minimum Gasteiger partial charge on any atom is -0.497 e. The molecule has 0 fully saturated rings. The Hall–Kier alpha value is -9.40. The Morgan fingerprint density at radius 1 is 0.222 bits per heavy atom. The van der Waals surface area contributed by atoms with Crippen LogP contribution in [0.25, 0.3) is 44.5 Å². The second-order valence-corrected chi connectivity index (χ2v) is 34.2. The minimum absolute atomic E-state index is 0.0553. The fourth-order valence-corrected chi connectivity index (χ4v) is 17.3. The number of aliphatic hydroxyl groups is 4. The molecule has 0 heterocycles. The van der Waals surface area contributed by atoms with E-state index in [9.17, 15) is 54.1 Å². The number of hydrogen-bond acceptors (Lipinski definition) is 20. The molecule has 0 aromatic heterocycles. The highest BCUT2D eigenvalue weighted by Crippen LogP contribution is 2.51. The third-order valence-electron chi connectivity index (χ3n) is 17.9. The second kappa shape index (κ2) is 31.3. The van der Waals surface area contributed by atoms with Crippen molar-refractivity contribution >= 4 is 104 Å². The van der Waals surface area contributed by atoms with E-state index in [2.05, 4.69) is 63.7 Å². The van der Waals surface area contributed by atoms with Crippen molar-refractivity contribution in [2.45, 2.75) is 44.0 Å². The molecule has 4 aliphatic carbocycles. The molecule has 0 saturated carbocycles. The average molecular weight is 1790 g/mol. The van der Waals surface area contributed by atoms with Crippen LogP contribution in [0, 0.1) is 0 Å². The van der Waals surface area contributed by atoms with Gasteiger partial charge in [-0.25, -0.2) is 0 Å². The molecule has 16 rings (SSSR count). The van der Waals surface area contributed by atoms with Crippen LogP contribution in [0.3, 0.4) is 0 Å². The molecule has 552 valence electrons. The maximum Gasteiger partial charge on any atom is 0.339 e. The standard InChI is InChI=1S/4C20H15BrO5S/c4*1-25-13-4-8-16-17-9-5-14(11-19(17)20(22)18(16)10-13)26-27(23,24)15-6-2-12(21)3-7-15/h4*2-11,20,22H,1H3/t4*20-/m1111/s1. The first-order valence-corrected chi connectivity index (χ1v) is 41.2. The summed E-state index contributed by atoms with van der Waals surface area (Å²) in [6.07, 6.45) is -3.49. The molecule has 4 N–H and O–H groups in total. The minimum atomic E-state index is -3.97. The molecule has 0 spiro atoms. The molecule has 0 amide bonds. The van der Waals surface area contributed by atoms with E-state index in [0.29, 0.717) is 45.3 Å².